The van der Waals surface area contributed by atoms with E-state index in [4.69, 9.17) is 12.2 Å². The van der Waals surface area contributed by atoms with Crippen molar-refractivity contribution < 1.29 is 4.79 Å². The first-order valence-corrected chi connectivity index (χ1v) is 11.9. The van der Waals surface area contributed by atoms with Crippen LogP contribution in [-0.2, 0) is 17.8 Å². The first-order valence-electron chi connectivity index (χ1n) is 11.5. The number of nitrogens with zero attached hydrogens (tertiary/aromatic N) is 1. The van der Waals surface area contributed by atoms with Gasteiger partial charge in [-0.1, -0.05) is 44.5 Å². The Morgan fingerprint density at radius 2 is 2.00 bits per heavy atom. The van der Waals surface area contributed by atoms with Gasteiger partial charge in [0.05, 0.1) is 5.52 Å². The van der Waals surface area contributed by atoms with Gasteiger partial charge in [0, 0.05) is 42.1 Å². The van der Waals surface area contributed by atoms with Crippen molar-refractivity contribution >= 4 is 50.7 Å². The molecule has 2 aromatic heterocycles. The number of aromatic amines is 1. The third kappa shape index (κ3) is 5.73. The van der Waals surface area contributed by atoms with Crippen molar-refractivity contribution in [2.45, 2.75) is 33.2 Å². The normalized spacial score (nSPS) is 12.1. The van der Waals surface area contributed by atoms with Gasteiger partial charge in [-0.3, -0.25) is 4.79 Å². The van der Waals surface area contributed by atoms with Crippen molar-refractivity contribution in [3.05, 3.63) is 66.5 Å². The van der Waals surface area contributed by atoms with Crippen molar-refractivity contribution in [2.75, 3.05) is 18.4 Å². The Bertz CT molecular complexity index is 1260. The highest BCUT2D eigenvalue weighted by atomic mass is 32.1. The van der Waals surface area contributed by atoms with Crippen LogP contribution in [0.3, 0.4) is 0 Å². The van der Waals surface area contributed by atoms with Gasteiger partial charge in [-0.15, -0.1) is 0 Å². The van der Waals surface area contributed by atoms with Crippen LogP contribution < -0.4 is 16.0 Å². The van der Waals surface area contributed by atoms with Crippen LogP contribution in [0.2, 0.25) is 0 Å². The van der Waals surface area contributed by atoms with Crippen molar-refractivity contribution in [2.24, 2.45) is 5.92 Å². The molecule has 0 fully saturated rings. The lowest BCUT2D eigenvalue weighted by atomic mass is 10.1. The highest BCUT2D eigenvalue weighted by molar-refractivity contribution is 7.80. The van der Waals surface area contributed by atoms with Crippen LogP contribution >= 0.6 is 12.2 Å². The van der Waals surface area contributed by atoms with Crippen molar-refractivity contribution in [3.8, 4) is 0 Å². The number of amides is 1. The summed E-state index contributed by atoms with van der Waals surface area (Å²) >= 11 is 5.50. The number of rotatable bonds is 9. The second-order valence-electron chi connectivity index (χ2n) is 8.53. The number of H-pyrrole nitrogens is 1. The molecule has 4 aromatic rings. The van der Waals surface area contributed by atoms with E-state index in [1.165, 1.54) is 10.9 Å². The summed E-state index contributed by atoms with van der Waals surface area (Å²) in [5.41, 5.74) is 4.32. The number of hydrogen-bond donors (Lipinski definition) is 4. The van der Waals surface area contributed by atoms with E-state index in [2.05, 4.69) is 59.2 Å². The molecule has 172 valence electrons. The van der Waals surface area contributed by atoms with E-state index in [0.717, 1.165) is 41.5 Å². The minimum Gasteiger partial charge on any atom is -0.362 e. The number of carbonyl (C=O) groups excluding carboxylic acids is 1. The van der Waals surface area contributed by atoms with Crippen LogP contribution in [-0.4, -0.2) is 33.7 Å². The van der Waals surface area contributed by atoms with Gasteiger partial charge in [0.25, 0.3) is 0 Å². The Hall–Kier alpha value is -3.32. The molecule has 0 aliphatic carbocycles. The molecule has 6 nitrogen and oxygen atoms in total. The van der Waals surface area contributed by atoms with E-state index in [9.17, 15) is 4.79 Å². The predicted octanol–water partition coefficient (Wildman–Crippen LogP) is 4.81. The van der Waals surface area contributed by atoms with Gasteiger partial charge in [0.1, 0.15) is 6.54 Å². The quantitative estimate of drug-likeness (QED) is 0.270. The summed E-state index contributed by atoms with van der Waals surface area (Å²) in [5, 5.41) is 12.5. The second-order valence-corrected chi connectivity index (χ2v) is 8.93. The molecule has 1 amide bonds. The van der Waals surface area contributed by atoms with Gasteiger partial charge in [-0.25, -0.2) is 0 Å². The first-order chi connectivity index (χ1) is 16.0. The Morgan fingerprint density at radius 3 is 2.85 bits per heavy atom. The number of hydrogen-bond acceptors (Lipinski definition) is 2. The van der Waals surface area contributed by atoms with Gasteiger partial charge < -0.3 is 25.5 Å². The summed E-state index contributed by atoms with van der Waals surface area (Å²) < 4.78 is 1.97. The summed E-state index contributed by atoms with van der Waals surface area (Å²) in [4.78, 5) is 15.7. The standard InChI is InChI=1S/C26H31N5OS/c1-3-18(2)15-29-25(32)17-31-13-11-19-8-9-21(14-24(19)31)30-26(33)27-12-10-20-16-28-23-7-5-4-6-22(20)23/h4-9,11,13-14,16,18,28H,3,10,12,15,17H2,1-2H3,(H,29,32)(H2,27,30,33). The summed E-state index contributed by atoms with van der Waals surface area (Å²) in [7, 11) is 0. The Balaban J connectivity index is 1.32. The molecule has 4 N–H and O–H groups in total. The lowest BCUT2D eigenvalue weighted by molar-refractivity contribution is -0.121. The summed E-state index contributed by atoms with van der Waals surface area (Å²) in [6.45, 7) is 6.02. The highest BCUT2D eigenvalue weighted by Gasteiger charge is 2.09. The molecule has 0 saturated heterocycles. The van der Waals surface area contributed by atoms with Crippen LogP contribution in [0, 0.1) is 5.92 Å². The van der Waals surface area contributed by atoms with Gasteiger partial charge in [-0.2, -0.15) is 0 Å². The highest BCUT2D eigenvalue weighted by Crippen LogP contribution is 2.21. The zero-order chi connectivity index (χ0) is 23.2. The molecule has 1 unspecified atom stereocenters. The second kappa shape index (κ2) is 10.5. The van der Waals surface area contributed by atoms with Crippen molar-refractivity contribution in [1.29, 1.82) is 0 Å². The maximum atomic E-state index is 12.4. The Morgan fingerprint density at radius 1 is 1.15 bits per heavy atom. The van der Waals surface area contributed by atoms with Gasteiger partial charge in [0.15, 0.2) is 5.11 Å². The minimum atomic E-state index is 0.0284. The van der Waals surface area contributed by atoms with Crippen LogP contribution in [0.5, 0.6) is 0 Å². The minimum absolute atomic E-state index is 0.0284. The van der Waals surface area contributed by atoms with E-state index in [1.807, 2.05) is 41.1 Å². The lowest BCUT2D eigenvalue weighted by Gasteiger charge is -2.13. The molecule has 0 saturated carbocycles. The first kappa shape index (κ1) is 22.9. The number of carbonyl (C=O) groups is 1. The van der Waals surface area contributed by atoms with E-state index >= 15 is 0 Å². The predicted molar refractivity (Wildman–Crippen MR) is 141 cm³/mol. The monoisotopic (exact) mass is 461 g/mol. The topological polar surface area (TPSA) is 73.9 Å². The average Bonchev–Trinajstić information content (AvgIpc) is 3.41. The van der Waals surface area contributed by atoms with E-state index in [0.29, 0.717) is 24.1 Å². The molecule has 2 aromatic carbocycles. The number of nitrogens with one attached hydrogen (secondary N) is 4. The Kier molecular flexibility index (Phi) is 7.29. The van der Waals surface area contributed by atoms with Crippen LogP contribution in [0.4, 0.5) is 5.69 Å². The SMILES string of the molecule is CCC(C)CNC(=O)Cn1ccc2ccc(NC(=S)NCCc3c[nH]c4ccccc34)cc21. The molecule has 0 aliphatic rings. The van der Waals surface area contributed by atoms with E-state index < -0.39 is 0 Å². The van der Waals surface area contributed by atoms with E-state index in [-0.39, 0.29) is 5.91 Å². The zero-order valence-corrected chi connectivity index (χ0v) is 20.0. The summed E-state index contributed by atoms with van der Waals surface area (Å²) in [6.07, 6.45) is 5.94. The fraction of sp³-hybridized carbons (Fsp3) is 0.308. The molecule has 33 heavy (non-hydrogen) atoms. The van der Waals surface area contributed by atoms with Gasteiger partial charge in [0.2, 0.25) is 5.91 Å². The smallest absolute Gasteiger partial charge is 0.239 e. The number of aromatic nitrogens is 2. The van der Waals surface area contributed by atoms with Crippen molar-refractivity contribution in [3.63, 3.8) is 0 Å². The Labute approximate surface area is 199 Å². The van der Waals surface area contributed by atoms with Crippen LogP contribution in [0.15, 0.2) is 60.9 Å². The maximum Gasteiger partial charge on any atom is 0.239 e. The van der Waals surface area contributed by atoms with E-state index in [1.54, 1.807) is 0 Å². The molecule has 7 heteroatoms. The molecular formula is C26H31N5OS. The van der Waals surface area contributed by atoms with Crippen molar-refractivity contribution in [1.82, 2.24) is 20.2 Å². The molecule has 0 spiro atoms. The maximum absolute atomic E-state index is 12.4. The molecule has 0 bridgehead atoms. The molecule has 0 aliphatic heterocycles. The number of benzene rings is 2. The molecule has 1 atom stereocenters. The van der Waals surface area contributed by atoms with Crippen LogP contribution in [0.25, 0.3) is 21.8 Å². The number of anilines is 1. The zero-order valence-electron chi connectivity index (χ0n) is 19.2. The summed E-state index contributed by atoms with van der Waals surface area (Å²) in [5.74, 6) is 0.510. The lowest BCUT2D eigenvalue weighted by Crippen LogP contribution is -2.31. The van der Waals surface area contributed by atoms with Crippen LogP contribution in [0.1, 0.15) is 25.8 Å². The third-order valence-electron chi connectivity index (χ3n) is 6.05. The average molecular weight is 462 g/mol. The number of fused-ring (bicyclic) bond motifs is 2. The van der Waals surface area contributed by atoms with Gasteiger partial charge >= 0.3 is 0 Å². The van der Waals surface area contributed by atoms with Gasteiger partial charge in [-0.05, 0) is 59.8 Å². The summed E-state index contributed by atoms with van der Waals surface area (Å²) in [6, 6.07) is 16.4. The number of thiocarbonyl (C=S) groups is 1. The molecule has 2 heterocycles. The molecule has 4 rings (SSSR count). The molecule has 0 radical (unpaired) electrons. The fourth-order valence-electron chi connectivity index (χ4n) is 3.87. The third-order valence-corrected chi connectivity index (χ3v) is 6.29. The molecular weight excluding hydrogens is 430 g/mol. The largest absolute Gasteiger partial charge is 0.362 e. The fourth-order valence-corrected chi connectivity index (χ4v) is 4.09. The number of para-hydroxylation sites is 1.